The molecular formula is C16H14FNO. The Morgan fingerprint density at radius 2 is 1.84 bits per heavy atom. The predicted octanol–water partition coefficient (Wildman–Crippen LogP) is 2.90. The van der Waals surface area contributed by atoms with Crippen molar-refractivity contribution in [1.82, 2.24) is 5.32 Å². The van der Waals surface area contributed by atoms with Crippen LogP contribution in [-0.4, -0.2) is 12.3 Å². The number of Topliss-reactive ketones (excluding diaryl/α,β-unsaturated/α-hetero) is 1. The molecule has 0 aromatic heterocycles. The van der Waals surface area contributed by atoms with Gasteiger partial charge in [-0.2, -0.15) is 0 Å². The molecule has 0 saturated heterocycles. The number of ketones is 1. The molecule has 1 atom stereocenters. The number of fused-ring (bicyclic) bond motifs is 1. The SMILES string of the molecule is O=C(c1ccccc1F)C1CNCc2ccccc21. The molecule has 1 unspecified atom stereocenters. The van der Waals surface area contributed by atoms with Crippen molar-refractivity contribution in [2.24, 2.45) is 0 Å². The lowest BCUT2D eigenvalue weighted by atomic mass is 9.85. The second-order valence-corrected chi connectivity index (χ2v) is 4.73. The largest absolute Gasteiger partial charge is 0.312 e. The van der Waals surface area contributed by atoms with Crippen molar-refractivity contribution >= 4 is 5.78 Å². The van der Waals surface area contributed by atoms with Crippen LogP contribution in [0.25, 0.3) is 0 Å². The molecule has 3 rings (SSSR count). The van der Waals surface area contributed by atoms with Crippen molar-refractivity contribution in [2.45, 2.75) is 12.5 Å². The average Bonchev–Trinajstić information content (AvgIpc) is 2.46. The predicted molar refractivity (Wildman–Crippen MR) is 71.6 cm³/mol. The van der Waals surface area contributed by atoms with Crippen LogP contribution in [0.4, 0.5) is 4.39 Å². The first kappa shape index (κ1) is 12.1. The van der Waals surface area contributed by atoms with Gasteiger partial charge in [-0.1, -0.05) is 36.4 Å². The second kappa shape index (κ2) is 4.94. The molecule has 19 heavy (non-hydrogen) atoms. The van der Waals surface area contributed by atoms with Crippen molar-refractivity contribution in [1.29, 1.82) is 0 Å². The number of carbonyl (C=O) groups is 1. The van der Waals surface area contributed by atoms with Gasteiger partial charge in [-0.05, 0) is 23.3 Å². The third-order valence-electron chi connectivity index (χ3n) is 3.55. The summed E-state index contributed by atoms with van der Waals surface area (Å²) in [7, 11) is 0. The standard InChI is InChI=1S/C16H14FNO/c17-15-8-4-3-7-13(15)16(19)14-10-18-9-11-5-1-2-6-12(11)14/h1-8,14,18H,9-10H2. The molecule has 96 valence electrons. The van der Waals surface area contributed by atoms with Crippen LogP contribution in [0.3, 0.4) is 0 Å². The van der Waals surface area contributed by atoms with Gasteiger partial charge in [0, 0.05) is 13.1 Å². The minimum atomic E-state index is -0.449. The van der Waals surface area contributed by atoms with Gasteiger partial charge in [-0.25, -0.2) is 4.39 Å². The molecular weight excluding hydrogens is 241 g/mol. The Morgan fingerprint density at radius 3 is 2.68 bits per heavy atom. The Balaban J connectivity index is 2.00. The molecule has 3 heteroatoms. The van der Waals surface area contributed by atoms with Gasteiger partial charge in [0.2, 0.25) is 0 Å². The summed E-state index contributed by atoms with van der Waals surface area (Å²) in [5.74, 6) is -0.907. The van der Waals surface area contributed by atoms with Gasteiger partial charge in [0.15, 0.2) is 5.78 Å². The molecule has 2 aromatic carbocycles. The molecule has 0 bridgehead atoms. The maximum Gasteiger partial charge on any atom is 0.174 e. The zero-order chi connectivity index (χ0) is 13.2. The quantitative estimate of drug-likeness (QED) is 0.836. The van der Waals surface area contributed by atoms with Gasteiger partial charge in [0.25, 0.3) is 0 Å². The van der Waals surface area contributed by atoms with Crippen LogP contribution in [0.2, 0.25) is 0 Å². The first-order valence-electron chi connectivity index (χ1n) is 6.34. The number of benzene rings is 2. The lowest BCUT2D eigenvalue weighted by Crippen LogP contribution is -2.33. The first-order chi connectivity index (χ1) is 9.27. The van der Waals surface area contributed by atoms with E-state index < -0.39 is 5.82 Å². The molecule has 1 aliphatic heterocycles. The molecule has 1 aliphatic rings. The van der Waals surface area contributed by atoms with E-state index in [4.69, 9.17) is 0 Å². The summed E-state index contributed by atoms with van der Waals surface area (Å²) >= 11 is 0. The number of nitrogens with one attached hydrogen (secondary N) is 1. The van der Waals surface area contributed by atoms with Gasteiger partial charge < -0.3 is 5.32 Å². The monoisotopic (exact) mass is 255 g/mol. The van der Waals surface area contributed by atoms with Crippen LogP contribution in [0.15, 0.2) is 48.5 Å². The highest BCUT2D eigenvalue weighted by atomic mass is 19.1. The van der Waals surface area contributed by atoms with E-state index in [0.717, 1.165) is 17.7 Å². The summed E-state index contributed by atoms with van der Waals surface area (Å²) in [5.41, 5.74) is 2.30. The van der Waals surface area contributed by atoms with Crippen LogP contribution in [0, 0.1) is 5.82 Å². The zero-order valence-corrected chi connectivity index (χ0v) is 10.4. The Kier molecular flexibility index (Phi) is 3.13. The first-order valence-corrected chi connectivity index (χ1v) is 6.34. The summed E-state index contributed by atoms with van der Waals surface area (Å²) in [6, 6.07) is 14.0. The molecule has 2 aromatic rings. The van der Waals surface area contributed by atoms with Crippen LogP contribution in [0.5, 0.6) is 0 Å². The van der Waals surface area contributed by atoms with E-state index in [2.05, 4.69) is 5.32 Å². The fourth-order valence-corrected chi connectivity index (χ4v) is 2.58. The van der Waals surface area contributed by atoms with Crippen molar-refractivity contribution in [2.75, 3.05) is 6.54 Å². The Morgan fingerprint density at radius 1 is 1.11 bits per heavy atom. The molecule has 0 saturated carbocycles. The topological polar surface area (TPSA) is 29.1 Å². The van der Waals surface area contributed by atoms with Gasteiger partial charge in [-0.15, -0.1) is 0 Å². The summed E-state index contributed by atoms with van der Waals surface area (Å²) < 4.78 is 13.7. The molecule has 0 spiro atoms. The third-order valence-corrected chi connectivity index (χ3v) is 3.55. The Hall–Kier alpha value is -2.00. The van der Waals surface area contributed by atoms with Crippen molar-refractivity contribution in [3.05, 3.63) is 71.0 Å². The number of rotatable bonds is 2. The summed E-state index contributed by atoms with van der Waals surface area (Å²) in [5, 5.41) is 3.22. The third kappa shape index (κ3) is 2.17. The molecule has 2 nitrogen and oxygen atoms in total. The van der Waals surface area contributed by atoms with E-state index in [1.807, 2.05) is 24.3 Å². The molecule has 0 amide bonds. The number of hydrogen-bond acceptors (Lipinski definition) is 2. The van der Waals surface area contributed by atoms with E-state index in [-0.39, 0.29) is 17.3 Å². The molecule has 0 radical (unpaired) electrons. The Labute approximate surface area is 111 Å². The van der Waals surface area contributed by atoms with E-state index in [9.17, 15) is 9.18 Å². The van der Waals surface area contributed by atoms with E-state index in [1.165, 1.54) is 6.07 Å². The summed E-state index contributed by atoms with van der Waals surface area (Å²) in [6.45, 7) is 1.32. The van der Waals surface area contributed by atoms with Gasteiger partial charge in [0.1, 0.15) is 5.82 Å². The van der Waals surface area contributed by atoms with Gasteiger partial charge in [-0.3, -0.25) is 4.79 Å². The number of hydrogen-bond donors (Lipinski definition) is 1. The normalized spacial score (nSPS) is 17.8. The van der Waals surface area contributed by atoms with Crippen LogP contribution in [0.1, 0.15) is 27.4 Å². The van der Waals surface area contributed by atoms with Crippen molar-refractivity contribution < 1.29 is 9.18 Å². The van der Waals surface area contributed by atoms with Crippen LogP contribution < -0.4 is 5.32 Å². The minimum absolute atomic E-state index is 0.155. The lowest BCUT2D eigenvalue weighted by Gasteiger charge is -2.25. The second-order valence-electron chi connectivity index (χ2n) is 4.73. The van der Waals surface area contributed by atoms with E-state index in [0.29, 0.717) is 6.54 Å². The Bertz CT molecular complexity index is 624. The fraction of sp³-hybridized carbons (Fsp3) is 0.188. The highest BCUT2D eigenvalue weighted by Crippen LogP contribution is 2.27. The zero-order valence-electron chi connectivity index (χ0n) is 10.4. The van der Waals surface area contributed by atoms with Crippen LogP contribution in [-0.2, 0) is 6.54 Å². The fourth-order valence-electron chi connectivity index (χ4n) is 2.58. The highest BCUT2D eigenvalue weighted by Gasteiger charge is 2.28. The highest BCUT2D eigenvalue weighted by molar-refractivity contribution is 6.01. The van der Waals surface area contributed by atoms with Gasteiger partial charge >= 0.3 is 0 Å². The summed E-state index contributed by atoms with van der Waals surface area (Å²) in [6.07, 6.45) is 0. The maximum atomic E-state index is 13.7. The van der Waals surface area contributed by atoms with Crippen molar-refractivity contribution in [3.63, 3.8) is 0 Å². The maximum absolute atomic E-state index is 13.7. The van der Waals surface area contributed by atoms with Crippen molar-refractivity contribution in [3.8, 4) is 0 Å². The lowest BCUT2D eigenvalue weighted by molar-refractivity contribution is 0.0951. The molecule has 0 fully saturated rings. The minimum Gasteiger partial charge on any atom is -0.312 e. The summed E-state index contributed by atoms with van der Waals surface area (Å²) in [4.78, 5) is 12.5. The number of carbonyl (C=O) groups excluding carboxylic acids is 1. The van der Waals surface area contributed by atoms with E-state index >= 15 is 0 Å². The molecule has 1 N–H and O–H groups in total. The average molecular weight is 255 g/mol. The van der Waals surface area contributed by atoms with E-state index in [1.54, 1.807) is 18.2 Å². The molecule has 1 heterocycles. The van der Waals surface area contributed by atoms with Crippen LogP contribution >= 0.6 is 0 Å². The smallest absolute Gasteiger partial charge is 0.174 e. The van der Waals surface area contributed by atoms with Gasteiger partial charge in [0.05, 0.1) is 11.5 Å². The molecule has 0 aliphatic carbocycles. The number of halogens is 1.